The predicted octanol–water partition coefficient (Wildman–Crippen LogP) is 5.46. The van der Waals surface area contributed by atoms with Gasteiger partial charge in [0.1, 0.15) is 11.3 Å². The number of aliphatic hydroxyl groups is 1. The van der Waals surface area contributed by atoms with Crippen molar-refractivity contribution in [3.8, 4) is 16.9 Å². The molecule has 0 aromatic heterocycles. The molecule has 1 atom stereocenters. The van der Waals surface area contributed by atoms with Gasteiger partial charge in [-0.3, -0.25) is 24.5 Å². The predicted molar refractivity (Wildman–Crippen MR) is 188 cm³/mol. The van der Waals surface area contributed by atoms with Crippen LogP contribution in [0.25, 0.3) is 11.1 Å². The number of ether oxygens (including phenoxy) is 2. The second-order valence-corrected chi connectivity index (χ2v) is 11.3. The van der Waals surface area contributed by atoms with Gasteiger partial charge in [0.25, 0.3) is 11.6 Å². The Morgan fingerprint density at radius 3 is 2.24 bits per heavy atom. The lowest BCUT2D eigenvalue weighted by atomic mass is 9.91. The molecule has 0 saturated carbocycles. The molecule has 0 bridgehead atoms. The van der Waals surface area contributed by atoms with Gasteiger partial charge in [-0.05, 0) is 54.8 Å². The zero-order chi connectivity index (χ0) is 36.5. The van der Waals surface area contributed by atoms with E-state index < -0.39 is 45.3 Å². The van der Waals surface area contributed by atoms with Gasteiger partial charge in [0.2, 0.25) is 11.5 Å². The number of nitro groups is 1. The minimum absolute atomic E-state index is 0.0157. The maximum Gasteiger partial charge on any atom is 0.359 e. The quantitative estimate of drug-likeness (QED) is 0.0532. The molecule has 1 amide bonds. The van der Waals surface area contributed by atoms with Crippen molar-refractivity contribution in [2.24, 2.45) is 5.10 Å². The first-order valence-corrected chi connectivity index (χ1v) is 16.2. The summed E-state index contributed by atoms with van der Waals surface area (Å²) in [6.07, 6.45) is 1.20. The minimum atomic E-state index is -2.90. The Bertz CT molecular complexity index is 1920. The van der Waals surface area contributed by atoms with Crippen LogP contribution in [0.1, 0.15) is 53.0 Å². The number of unbranched alkanes of at least 4 members (excludes halogenated alkanes) is 1. The SMILES string of the molecule is CCCCON(C(=O)c1ccccc1)c1c(-c2ccccc2)ccc(C(=O)C2(O)C(C(=O)OCC)=NNN2Cc2ccc(OC)cc2)c1[N+](=O)[O-]. The molecule has 5 rings (SSSR count). The summed E-state index contributed by atoms with van der Waals surface area (Å²) in [5.74, 6) is -2.57. The lowest BCUT2D eigenvalue weighted by Crippen LogP contribution is -2.60. The number of hydrazine groups is 1. The molecule has 0 radical (unpaired) electrons. The average molecular weight is 696 g/mol. The van der Waals surface area contributed by atoms with E-state index in [-0.39, 0.29) is 36.6 Å². The third kappa shape index (κ3) is 7.48. The average Bonchev–Trinajstić information content (AvgIpc) is 3.49. The Labute approximate surface area is 293 Å². The van der Waals surface area contributed by atoms with Gasteiger partial charge >= 0.3 is 11.7 Å². The monoisotopic (exact) mass is 695 g/mol. The summed E-state index contributed by atoms with van der Waals surface area (Å²) in [5, 5.41) is 31.3. The number of nitrogens with one attached hydrogen (secondary N) is 1. The molecule has 264 valence electrons. The number of hydroxylamine groups is 1. The largest absolute Gasteiger partial charge is 0.497 e. The van der Waals surface area contributed by atoms with Gasteiger partial charge in [-0.1, -0.05) is 80.1 Å². The van der Waals surface area contributed by atoms with E-state index in [1.54, 1.807) is 72.8 Å². The standard InChI is InChI=1S/C37H37N5O9/c1-4-6-23-51-41(35(44)27-15-11-8-12-16-27)31-29(26-13-9-7-10-14-26)21-22-30(32(31)42(47)48)34(43)37(46)33(36(45)50-5-2)38-39-40(37)24-25-17-19-28(49-3)20-18-25/h7-22,39,46H,4-6,23-24H2,1-3H3. The van der Waals surface area contributed by atoms with Gasteiger partial charge in [0.05, 0.1) is 25.2 Å². The number of hydrogen-bond donors (Lipinski definition) is 2. The summed E-state index contributed by atoms with van der Waals surface area (Å²) in [5.41, 5.74) is -1.50. The second-order valence-electron chi connectivity index (χ2n) is 11.3. The highest BCUT2D eigenvalue weighted by Gasteiger charge is 2.57. The summed E-state index contributed by atoms with van der Waals surface area (Å²) < 4.78 is 10.3. The number of ketones is 1. The highest BCUT2D eigenvalue weighted by Crippen LogP contribution is 2.44. The van der Waals surface area contributed by atoms with Crippen LogP contribution in [0.15, 0.2) is 102 Å². The third-order valence-corrected chi connectivity index (χ3v) is 8.08. The van der Waals surface area contributed by atoms with E-state index in [2.05, 4.69) is 10.6 Å². The van der Waals surface area contributed by atoms with Crippen LogP contribution >= 0.6 is 0 Å². The second kappa shape index (κ2) is 16.2. The van der Waals surface area contributed by atoms with Crippen LogP contribution in [-0.4, -0.2) is 64.5 Å². The van der Waals surface area contributed by atoms with E-state index in [1.165, 1.54) is 38.3 Å². The van der Waals surface area contributed by atoms with Crippen molar-refractivity contribution >= 4 is 34.7 Å². The van der Waals surface area contributed by atoms with Crippen molar-refractivity contribution in [1.29, 1.82) is 0 Å². The normalized spacial score (nSPS) is 15.4. The molecule has 1 heterocycles. The molecule has 14 heteroatoms. The molecule has 0 aliphatic carbocycles. The Morgan fingerprint density at radius 2 is 1.63 bits per heavy atom. The van der Waals surface area contributed by atoms with Crippen molar-refractivity contribution in [2.45, 2.75) is 39.0 Å². The van der Waals surface area contributed by atoms with Crippen LogP contribution in [0, 0.1) is 10.1 Å². The number of nitro benzene ring substituents is 1. The first kappa shape index (κ1) is 36.3. The zero-order valence-electron chi connectivity index (χ0n) is 28.3. The smallest absolute Gasteiger partial charge is 0.359 e. The first-order chi connectivity index (χ1) is 24.6. The molecule has 0 saturated heterocycles. The highest BCUT2D eigenvalue weighted by molar-refractivity contribution is 6.46. The van der Waals surface area contributed by atoms with E-state index in [1.807, 2.05) is 6.92 Å². The molecule has 1 aliphatic rings. The number of rotatable bonds is 15. The van der Waals surface area contributed by atoms with Crippen LogP contribution in [0.5, 0.6) is 5.75 Å². The summed E-state index contributed by atoms with van der Waals surface area (Å²) in [7, 11) is 1.50. The molecule has 0 fully saturated rings. The number of nitrogens with zero attached hydrogens (tertiary/aromatic N) is 4. The van der Waals surface area contributed by atoms with Crippen LogP contribution in [0.3, 0.4) is 0 Å². The molecule has 2 N–H and O–H groups in total. The maximum absolute atomic E-state index is 14.7. The van der Waals surface area contributed by atoms with Gasteiger partial charge < -0.3 is 14.6 Å². The number of Topliss-reactive ketones (excluding diaryl/α,β-unsaturated/α-hetero) is 1. The number of carbonyl (C=O) groups excluding carboxylic acids is 3. The van der Waals surface area contributed by atoms with E-state index in [9.17, 15) is 29.6 Å². The molecular formula is C37H37N5O9. The maximum atomic E-state index is 14.7. The van der Waals surface area contributed by atoms with Gasteiger partial charge in [-0.25, -0.2) is 10.3 Å². The number of benzene rings is 4. The third-order valence-electron chi connectivity index (χ3n) is 8.08. The number of hydrogen-bond acceptors (Lipinski definition) is 12. The van der Waals surface area contributed by atoms with Crippen molar-refractivity contribution in [1.82, 2.24) is 10.5 Å². The molecular weight excluding hydrogens is 658 g/mol. The number of anilines is 1. The highest BCUT2D eigenvalue weighted by atomic mass is 16.7. The molecule has 14 nitrogen and oxygen atoms in total. The van der Waals surface area contributed by atoms with Gasteiger partial charge in [-0.15, -0.1) is 0 Å². The lowest BCUT2D eigenvalue weighted by Gasteiger charge is -2.32. The number of amides is 1. The van der Waals surface area contributed by atoms with Crippen molar-refractivity contribution < 1.29 is 38.7 Å². The van der Waals surface area contributed by atoms with Crippen molar-refractivity contribution in [2.75, 3.05) is 25.4 Å². The molecule has 1 unspecified atom stereocenters. The number of esters is 1. The summed E-state index contributed by atoms with van der Waals surface area (Å²) in [4.78, 5) is 60.4. The first-order valence-electron chi connectivity index (χ1n) is 16.2. The van der Waals surface area contributed by atoms with E-state index in [0.29, 0.717) is 29.7 Å². The molecule has 1 aliphatic heterocycles. The van der Waals surface area contributed by atoms with Crippen molar-refractivity contribution in [3.05, 3.63) is 124 Å². The van der Waals surface area contributed by atoms with Crippen molar-refractivity contribution in [3.63, 3.8) is 0 Å². The topological polar surface area (TPSA) is 173 Å². The van der Waals surface area contributed by atoms with E-state index in [4.69, 9.17) is 14.3 Å². The fraction of sp³-hybridized carbons (Fsp3) is 0.243. The van der Waals surface area contributed by atoms with Gasteiger partial charge in [0.15, 0.2) is 5.69 Å². The number of hydrazone groups is 1. The summed E-state index contributed by atoms with van der Waals surface area (Å²) in [6, 6.07) is 25.9. The molecule has 0 spiro atoms. The molecule has 51 heavy (non-hydrogen) atoms. The Hall–Kier alpha value is -5.96. The zero-order valence-corrected chi connectivity index (χ0v) is 28.3. The van der Waals surface area contributed by atoms with Crippen LogP contribution in [-0.2, 0) is 20.9 Å². The minimum Gasteiger partial charge on any atom is -0.497 e. The Morgan fingerprint density at radius 1 is 0.961 bits per heavy atom. The van der Waals surface area contributed by atoms with E-state index in [0.717, 1.165) is 10.1 Å². The summed E-state index contributed by atoms with van der Waals surface area (Å²) >= 11 is 0. The van der Waals surface area contributed by atoms with Crippen LogP contribution < -0.4 is 15.3 Å². The number of carbonyl (C=O) groups is 3. The molecule has 4 aromatic carbocycles. The van der Waals surface area contributed by atoms with Crippen LogP contribution in [0.2, 0.25) is 0 Å². The summed E-state index contributed by atoms with van der Waals surface area (Å²) in [6.45, 7) is 3.16. The Kier molecular flexibility index (Phi) is 11.5. The van der Waals surface area contributed by atoms with Crippen LogP contribution in [0.4, 0.5) is 11.4 Å². The van der Waals surface area contributed by atoms with E-state index >= 15 is 0 Å². The van der Waals surface area contributed by atoms with Gasteiger partial charge in [0, 0.05) is 17.7 Å². The fourth-order valence-corrected chi connectivity index (χ4v) is 5.48. The lowest BCUT2D eigenvalue weighted by molar-refractivity contribution is -0.384. The number of methoxy groups -OCH3 is 1. The fourth-order valence-electron chi connectivity index (χ4n) is 5.48. The Balaban J connectivity index is 1.73. The molecule has 4 aromatic rings. The van der Waals surface area contributed by atoms with Gasteiger partial charge in [-0.2, -0.15) is 15.2 Å².